The van der Waals surface area contributed by atoms with Gasteiger partial charge >= 0.3 is 0 Å². The van der Waals surface area contributed by atoms with E-state index in [2.05, 4.69) is 6.92 Å². The van der Waals surface area contributed by atoms with E-state index in [1.54, 1.807) is 28.4 Å². The summed E-state index contributed by atoms with van der Waals surface area (Å²) in [6.45, 7) is 6.09. The van der Waals surface area contributed by atoms with Crippen LogP contribution in [-0.4, -0.2) is 39.6 Å². The molecule has 0 saturated carbocycles. The van der Waals surface area contributed by atoms with Crippen LogP contribution in [0.5, 0.6) is 28.7 Å². The SMILES string of the molecule is CCCc1cc(OC(C)C)c2c(c1O)-c1c(cc(OC)c(OC)c1OC)CC[C@@H]2OC. The largest absolute Gasteiger partial charge is 0.507 e. The molecule has 6 nitrogen and oxygen atoms in total. The van der Waals surface area contributed by atoms with E-state index in [0.29, 0.717) is 22.8 Å². The monoisotopic (exact) mass is 430 g/mol. The summed E-state index contributed by atoms with van der Waals surface area (Å²) in [5.41, 5.74) is 4.20. The Bertz CT molecular complexity index is 935. The van der Waals surface area contributed by atoms with Gasteiger partial charge in [0.1, 0.15) is 11.5 Å². The Labute approximate surface area is 185 Å². The summed E-state index contributed by atoms with van der Waals surface area (Å²) in [6.07, 6.45) is 2.84. The highest BCUT2D eigenvalue weighted by Gasteiger charge is 2.34. The lowest BCUT2D eigenvalue weighted by atomic mass is 9.89. The van der Waals surface area contributed by atoms with Crippen LogP contribution >= 0.6 is 0 Å². The molecule has 1 aliphatic carbocycles. The van der Waals surface area contributed by atoms with Gasteiger partial charge in [-0.1, -0.05) is 13.3 Å². The highest BCUT2D eigenvalue weighted by molar-refractivity contribution is 5.88. The molecule has 3 rings (SSSR count). The molecule has 0 aliphatic heterocycles. The average molecular weight is 431 g/mol. The van der Waals surface area contributed by atoms with Crippen LogP contribution in [0.3, 0.4) is 0 Å². The summed E-state index contributed by atoms with van der Waals surface area (Å²) in [6, 6.07) is 3.93. The van der Waals surface area contributed by atoms with Gasteiger partial charge in [0.15, 0.2) is 11.5 Å². The quantitative estimate of drug-likeness (QED) is 0.600. The van der Waals surface area contributed by atoms with E-state index in [9.17, 15) is 5.11 Å². The van der Waals surface area contributed by atoms with Crippen LogP contribution in [0.4, 0.5) is 0 Å². The van der Waals surface area contributed by atoms with Crippen LogP contribution < -0.4 is 18.9 Å². The number of methoxy groups -OCH3 is 4. The lowest BCUT2D eigenvalue weighted by molar-refractivity contribution is 0.0923. The molecule has 0 saturated heterocycles. The van der Waals surface area contributed by atoms with Crippen molar-refractivity contribution in [2.75, 3.05) is 28.4 Å². The van der Waals surface area contributed by atoms with Crippen LogP contribution in [0, 0.1) is 0 Å². The van der Waals surface area contributed by atoms with Crippen molar-refractivity contribution in [3.05, 3.63) is 28.8 Å². The van der Waals surface area contributed by atoms with Crippen molar-refractivity contribution in [2.45, 2.75) is 58.7 Å². The van der Waals surface area contributed by atoms with Crippen LogP contribution in [0.15, 0.2) is 12.1 Å². The lowest BCUT2D eigenvalue weighted by Crippen LogP contribution is -2.12. The van der Waals surface area contributed by atoms with Gasteiger partial charge in [-0.2, -0.15) is 0 Å². The van der Waals surface area contributed by atoms with Crippen LogP contribution in [0.25, 0.3) is 11.1 Å². The smallest absolute Gasteiger partial charge is 0.203 e. The van der Waals surface area contributed by atoms with E-state index in [-0.39, 0.29) is 18.0 Å². The fourth-order valence-electron chi connectivity index (χ4n) is 4.44. The van der Waals surface area contributed by atoms with Crippen molar-refractivity contribution in [1.82, 2.24) is 0 Å². The predicted molar refractivity (Wildman–Crippen MR) is 121 cm³/mol. The first-order valence-electron chi connectivity index (χ1n) is 10.8. The molecule has 1 atom stereocenters. The zero-order valence-corrected chi connectivity index (χ0v) is 19.6. The molecule has 0 unspecified atom stereocenters. The molecule has 0 amide bonds. The van der Waals surface area contributed by atoms with E-state index in [0.717, 1.165) is 53.7 Å². The zero-order valence-electron chi connectivity index (χ0n) is 19.6. The summed E-state index contributed by atoms with van der Waals surface area (Å²) in [7, 11) is 6.49. The Kier molecular flexibility index (Phi) is 7.21. The Morgan fingerprint density at radius 1 is 0.968 bits per heavy atom. The molecular formula is C25H34O6. The van der Waals surface area contributed by atoms with E-state index < -0.39 is 0 Å². The molecule has 0 fully saturated rings. The normalized spacial score (nSPS) is 15.2. The molecule has 0 radical (unpaired) electrons. The number of fused-ring (bicyclic) bond motifs is 3. The van der Waals surface area contributed by atoms with Gasteiger partial charge in [-0.15, -0.1) is 0 Å². The van der Waals surface area contributed by atoms with Gasteiger partial charge in [-0.25, -0.2) is 0 Å². The van der Waals surface area contributed by atoms with Gasteiger partial charge in [0.05, 0.1) is 33.5 Å². The first-order valence-corrected chi connectivity index (χ1v) is 10.8. The molecule has 0 heterocycles. The van der Waals surface area contributed by atoms with Gasteiger partial charge in [0, 0.05) is 23.8 Å². The van der Waals surface area contributed by atoms with Gasteiger partial charge in [-0.05, 0) is 56.4 Å². The second-order valence-corrected chi connectivity index (χ2v) is 8.03. The highest BCUT2D eigenvalue weighted by atomic mass is 16.5. The minimum absolute atomic E-state index is 0.0179. The predicted octanol–water partition coefficient (Wildman–Crippen LogP) is 5.46. The zero-order chi connectivity index (χ0) is 22.7. The van der Waals surface area contributed by atoms with Crippen molar-refractivity contribution in [3.8, 4) is 39.9 Å². The van der Waals surface area contributed by atoms with Crippen molar-refractivity contribution in [2.24, 2.45) is 0 Å². The molecule has 0 aromatic heterocycles. The van der Waals surface area contributed by atoms with Gasteiger partial charge in [0.2, 0.25) is 5.75 Å². The standard InChI is InChI=1S/C25H34O6/c1-8-9-16-13-18(31-14(2)3)21-17(27-4)11-10-15-12-19(28-5)24(29-6)25(30-7)20(15)22(21)23(16)26/h12-14,17,26H,8-11H2,1-7H3/t17-/m0/s1. The minimum atomic E-state index is -0.237. The molecule has 170 valence electrons. The lowest BCUT2D eigenvalue weighted by Gasteiger charge is -2.25. The number of aromatic hydroxyl groups is 1. The number of benzene rings is 2. The summed E-state index contributed by atoms with van der Waals surface area (Å²) in [5, 5.41) is 11.5. The maximum atomic E-state index is 11.5. The number of ether oxygens (including phenoxy) is 5. The topological polar surface area (TPSA) is 66.4 Å². The third-order valence-corrected chi connectivity index (χ3v) is 5.71. The maximum Gasteiger partial charge on any atom is 0.203 e. The van der Waals surface area contributed by atoms with Gasteiger partial charge < -0.3 is 28.8 Å². The second kappa shape index (κ2) is 9.69. The minimum Gasteiger partial charge on any atom is -0.507 e. The summed E-state index contributed by atoms with van der Waals surface area (Å²) in [4.78, 5) is 0. The fraction of sp³-hybridized carbons (Fsp3) is 0.520. The molecular weight excluding hydrogens is 396 g/mol. The number of rotatable bonds is 8. The van der Waals surface area contributed by atoms with Gasteiger partial charge in [-0.3, -0.25) is 0 Å². The number of aryl methyl sites for hydroxylation is 2. The summed E-state index contributed by atoms with van der Waals surface area (Å²) < 4.78 is 29.2. The summed E-state index contributed by atoms with van der Waals surface area (Å²) >= 11 is 0. The molecule has 2 aromatic carbocycles. The van der Waals surface area contributed by atoms with E-state index in [1.807, 2.05) is 26.0 Å². The molecule has 0 bridgehead atoms. The van der Waals surface area contributed by atoms with Gasteiger partial charge in [0.25, 0.3) is 0 Å². The van der Waals surface area contributed by atoms with E-state index in [1.165, 1.54) is 0 Å². The maximum absolute atomic E-state index is 11.5. The van der Waals surface area contributed by atoms with Crippen molar-refractivity contribution < 1.29 is 28.8 Å². The Hall–Kier alpha value is -2.60. The number of phenols is 1. The van der Waals surface area contributed by atoms with Crippen molar-refractivity contribution >= 4 is 0 Å². The average Bonchev–Trinajstić information content (AvgIpc) is 2.92. The van der Waals surface area contributed by atoms with Crippen LogP contribution in [0.1, 0.15) is 56.4 Å². The van der Waals surface area contributed by atoms with Crippen molar-refractivity contribution in [3.63, 3.8) is 0 Å². The third-order valence-electron chi connectivity index (χ3n) is 5.71. The highest BCUT2D eigenvalue weighted by Crippen LogP contribution is 2.56. The third kappa shape index (κ3) is 4.13. The first-order chi connectivity index (χ1) is 14.9. The summed E-state index contributed by atoms with van der Waals surface area (Å²) in [5.74, 6) is 2.61. The first kappa shape index (κ1) is 23.1. The molecule has 2 aromatic rings. The van der Waals surface area contributed by atoms with Crippen molar-refractivity contribution in [1.29, 1.82) is 0 Å². The molecule has 1 N–H and O–H groups in total. The van der Waals surface area contributed by atoms with Crippen LogP contribution in [-0.2, 0) is 17.6 Å². The molecule has 0 spiro atoms. The fourth-order valence-corrected chi connectivity index (χ4v) is 4.44. The van der Waals surface area contributed by atoms with Crippen LogP contribution in [0.2, 0.25) is 0 Å². The Balaban J connectivity index is 2.48. The molecule has 6 heteroatoms. The number of hydrogen-bond acceptors (Lipinski definition) is 6. The second-order valence-electron chi connectivity index (χ2n) is 8.03. The molecule has 1 aliphatic rings. The Morgan fingerprint density at radius 3 is 2.23 bits per heavy atom. The van der Waals surface area contributed by atoms with E-state index in [4.69, 9.17) is 23.7 Å². The number of hydrogen-bond donors (Lipinski definition) is 1. The van der Waals surface area contributed by atoms with E-state index >= 15 is 0 Å². The molecule has 31 heavy (non-hydrogen) atoms. The Morgan fingerprint density at radius 2 is 1.68 bits per heavy atom. The number of phenolic OH excluding ortho intramolecular Hbond substituents is 1.